The minimum Gasteiger partial charge on any atom is -0.378 e. The number of morpholine rings is 1. The molecule has 2 fully saturated rings. The number of rotatable bonds is 4. The second-order valence-corrected chi connectivity index (χ2v) is 9.44. The molecule has 2 saturated heterocycles. The van der Waals surface area contributed by atoms with Gasteiger partial charge < -0.3 is 14.5 Å². The van der Waals surface area contributed by atoms with Gasteiger partial charge in [0.05, 0.1) is 18.8 Å². The van der Waals surface area contributed by atoms with Crippen LogP contribution in [-0.2, 0) is 20.9 Å². The van der Waals surface area contributed by atoms with Crippen molar-refractivity contribution in [1.82, 2.24) is 9.29 Å². The lowest BCUT2D eigenvalue weighted by molar-refractivity contribution is -0.137. The van der Waals surface area contributed by atoms with E-state index in [1.807, 2.05) is 4.90 Å². The van der Waals surface area contributed by atoms with Gasteiger partial charge in [0, 0.05) is 51.2 Å². The highest BCUT2D eigenvalue weighted by Crippen LogP contribution is 2.37. The second-order valence-electron chi connectivity index (χ2n) is 7.50. The Hall–Kier alpha value is -2.44. The molecule has 0 spiro atoms. The van der Waals surface area contributed by atoms with Crippen molar-refractivity contribution in [2.45, 2.75) is 11.1 Å². The molecule has 4 rings (SSSR count). The molecule has 0 atom stereocenters. The first-order chi connectivity index (χ1) is 15.2. The maximum atomic E-state index is 13.4. The first-order valence-corrected chi connectivity index (χ1v) is 11.5. The van der Waals surface area contributed by atoms with Crippen LogP contribution in [0, 0.1) is 5.82 Å². The fourth-order valence-electron chi connectivity index (χ4n) is 3.83. The lowest BCUT2D eigenvalue weighted by Crippen LogP contribution is -2.49. The van der Waals surface area contributed by atoms with E-state index in [1.54, 1.807) is 6.07 Å². The first-order valence-electron chi connectivity index (χ1n) is 10.1. The summed E-state index contributed by atoms with van der Waals surface area (Å²) in [7, 11) is -3.84. The van der Waals surface area contributed by atoms with Gasteiger partial charge >= 0.3 is 6.18 Å². The summed E-state index contributed by atoms with van der Waals surface area (Å²) in [4.78, 5) is 7.72. The largest absolute Gasteiger partial charge is 0.418 e. The smallest absolute Gasteiger partial charge is 0.378 e. The van der Waals surface area contributed by atoms with Crippen LogP contribution in [0.4, 0.5) is 29.1 Å². The molecule has 0 bridgehead atoms. The molecule has 0 saturated carbocycles. The molecule has 7 nitrogen and oxygen atoms in total. The van der Waals surface area contributed by atoms with Crippen molar-refractivity contribution < 1.29 is 30.7 Å². The molecule has 2 aliphatic heterocycles. The number of anilines is 2. The monoisotopic (exact) mass is 474 g/mol. The number of benzene rings is 1. The van der Waals surface area contributed by atoms with Crippen LogP contribution in [0.25, 0.3) is 0 Å². The van der Waals surface area contributed by atoms with Gasteiger partial charge in [-0.3, -0.25) is 0 Å². The molecular weight excluding hydrogens is 452 g/mol. The zero-order valence-corrected chi connectivity index (χ0v) is 17.9. The van der Waals surface area contributed by atoms with Crippen molar-refractivity contribution in [2.75, 3.05) is 62.3 Å². The van der Waals surface area contributed by atoms with Crippen molar-refractivity contribution in [3.8, 4) is 0 Å². The molecule has 1 aromatic carbocycles. The summed E-state index contributed by atoms with van der Waals surface area (Å²) in [5.74, 6) is -0.316. The van der Waals surface area contributed by atoms with E-state index in [9.17, 15) is 26.0 Å². The number of ether oxygens (including phenoxy) is 1. The number of hydrogen-bond donors (Lipinski definition) is 0. The maximum Gasteiger partial charge on any atom is 0.418 e. The highest BCUT2D eigenvalue weighted by atomic mass is 32.2. The third-order valence-corrected chi connectivity index (χ3v) is 7.42. The number of hydrogen-bond acceptors (Lipinski definition) is 6. The maximum absolute atomic E-state index is 13.4. The van der Waals surface area contributed by atoms with Crippen LogP contribution < -0.4 is 9.80 Å². The summed E-state index contributed by atoms with van der Waals surface area (Å²) in [6.07, 6.45) is -3.41. The molecule has 0 aliphatic carbocycles. The topological polar surface area (TPSA) is 66.0 Å². The Balaban J connectivity index is 1.46. The zero-order chi connectivity index (χ0) is 22.9. The SMILES string of the molecule is O=S(=O)(c1ccc(N2CCOCC2)nc1)N1CCN(c2ccc(F)cc2C(F)(F)F)CC1. The molecule has 12 heteroatoms. The van der Waals surface area contributed by atoms with E-state index in [0.717, 1.165) is 12.1 Å². The third kappa shape index (κ3) is 4.66. The van der Waals surface area contributed by atoms with Crippen molar-refractivity contribution in [1.29, 1.82) is 0 Å². The molecule has 0 unspecified atom stereocenters. The van der Waals surface area contributed by atoms with Gasteiger partial charge in [-0.25, -0.2) is 17.8 Å². The third-order valence-electron chi connectivity index (χ3n) is 5.54. The predicted molar refractivity (Wildman–Crippen MR) is 110 cm³/mol. The second kappa shape index (κ2) is 8.83. The van der Waals surface area contributed by atoms with Crippen LogP contribution >= 0.6 is 0 Å². The van der Waals surface area contributed by atoms with Gasteiger partial charge in [-0.1, -0.05) is 0 Å². The highest BCUT2D eigenvalue weighted by Gasteiger charge is 2.37. The number of aromatic nitrogens is 1. The molecule has 0 radical (unpaired) electrons. The van der Waals surface area contributed by atoms with Crippen molar-refractivity contribution in [2.24, 2.45) is 0 Å². The number of halogens is 4. The Morgan fingerprint density at radius 3 is 2.19 bits per heavy atom. The summed E-state index contributed by atoms with van der Waals surface area (Å²) in [5.41, 5.74) is -1.23. The highest BCUT2D eigenvalue weighted by molar-refractivity contribution is 7.89. The minimum atomic E-state index is -4.71. The molecule has 32 heavy (non-hydrogen) atoms. The van der Waals surface area contributed by atoms with Gasteiger partial charge in [0.25, 0.3) is 0 Å². The summed E-state index contributed by atoms with van der Waals surface area (Å²) in [5, 5.41) is 0. The number of piperazine rings is 1. The van der Waals surface area contributed by atoms with Crippen molar-refractivity contribution >= 4 is 21.5 Å². The molecule has 1 aromatic heterocycles. The number of nitrogens with zero attached hydrogens (tertiary/aromatic N) is 4. The van der Waals surface area contributed by atoms with Crippen molar-refractivity contribution in [3.63, 3.8) is 0 Å². The zero-order valence-electron chi connectivity index (χ0n) is 17.1. The Labute approximate surface area is 183 Å². The number of alkyl halides is 3. The van der Waals surface area contributed by atoms with E-state index in [0.29, 0.717) is 38.2 Å². The van der Waals surface area contributed by atoms with Crippen LogP contribution in [0.1, 0.15) is 5.56 Å². The summed E-state index contributed by atoms with van der Waals surface area (Å²) in [6, 6.07) is 5.63. The van der Waals surface area contributed by atoms with E-state index in [-0.39, 0.29) is 36.8 Å². The standard InChI is InChI=1S/C20H22F4N4O3S/c21-15-1-3-18(17(13-15)20(22,23)24)26-5-7-28(8-6-26)32(29,30)16-2-4-19(25-14-16)27-9-11-31-12-10-27/h1-4,13-14H,5-12H2. The van der Waals surface area contributed by atoms with E-state index < -0.39 is 27.6 Å². The van der Waals surface area contributed by atoms with Crippen LogP contribution in [0.2, 0.25) is 0 Å². The molecule has 2 aliphatic rings. The van der Waals surface area contributed by atoms with E-state index in [4.69, 9.17) is 4.74 Å². The van der Waals surface area contributed by atoms with Gasteiger partial charge in [-0.15, -0.1) is 0 Å². The molecular formula is C20H22F4N4O3S. The lowest BCUT2D eigenvalue weighted by Gasteiger charge is -2.36. The fourth-order valence-corrected chi connectivity index (χ4v) is 5.20. The van der Waals surface area contributed by atoms with Crippen LogP contribution in [0.15, 0.2) is 41.4 Å². The Kier molecular flexibility index (Phi) is 6.28. The first kappa shape index (κ1) is 22.7. The van der Waals surface area contributed by atoms with Gasteiger partial charge in [0.1, 0.15) is 16.5 Å². The molecule has 0 amide bonds. The van der Waals surface area contributed by atoms with Gasteiger partial charge in [-0.2, -0.15) is 17.5 Å². The Bertz CT molecular complexity index is 1050. The Morgan fingerprint density at radius 2 is 1.59 bits per heavy atom. The minimum absolute atomic E-state index is 0.00220. The van der Waals surface area contributed by atoms with E-state index in [1.165, 1.54) is 21.5 Å². The average Bonchev–Trinajstić information content (AvgIpc) is 2.79. The summed E-state index contributed by atoms with van der Waals surface area (Å²) in [6.45, 7) is 2.60. The molecule has 3 heterocycles. The lowest BCUT2D eigenvalue weighted by atomic mass is 10.1. The van der Waals surface area contributed by atoms with E-state index >= 15 is 0 Å². The van der Waals surface area contributed by atoms with Gasteiger partial charge in [0.15, 0.2) is 0 Å². The average molecular weight is 474 g/mol. The quantitative estimate of drug-likeness (QED) is 0.635. The van der Waals surface area contributed by atoms with Crippen molar-refractivity contribution in [3.05, 3.63) is 47.9 Å². The summed E-state index contributed by atoms with van der Waals surface area (Å²) >= 11 is 0. The molecule has 2 aromatic rings. The predicted octanol–water partition coefficient (Wildman–Crippen LogP) is 2.59. The van der Waals surface area contributed by atoms with E-state index in [2.05, 4.69) is 4.98 Å². The van der Waals surface area contributed by atoms with Crippen LogP contribution in [0.5, 0.6) is 0 Å². The summed E-state index contributed by atoms with van der Waals surface area (Å²) < 4.78 is 85.8. The van der Waals surface area contributed by atoms with Crippen LogP contribution in [-0.4, -0.2) is 70.2 Å². The number of pyridine rings is 1. The van der Waals surface area contributed by atoms with Crippen LogP contribution in [0.3, 0.4) is 0 Å². The molecule has 0 N–H and O–H groups in total. The fraction of sp³-hybridized carbons (Fsp3) is 0.450. The Morgan fingerprint density at radius 1 is 0.906 bits per heavy atom. The van der Waals surface area contributed by atoms with Gasteiger partial charge in [-0.05, 0) is 30.3 Å². The normalized spacial score (nSPS) is 18.8. The molecule has 174 valence electrons. The van der Waals surface area contributed by atoms with Gasteiger partial charge in [0.2, 0.25) is 10.0 Å². The number of sulfonamides is 1.